The Bertz CT molecular complexity index is 612. The summed E-state index contributed by atoms with van der Waals surface area (Å²) < 4.78 is 2.12. The number of fused-ring (bicyclic) bond motifs is 1. The molecule has 3 N–H and O–H groups in total. The van der Waals surface area contributed by atoms with Gasteiger partial charge in [-0.15, -0.1) is 6.58 Å². The molecule has 0 atom stereocenters. The fourth-order valence-corrected chi connectivity index (χ4v) is 1.89. The third kappa shape index (κ3) is 2.57. The van der Waals surface area contributed by atoms with Crippen LogP contribution >= 0.6 is 12.2 Å². The highest BCUT2D eigenvalue weighted by atomic mass is 32.1. The van der Waals surface area contributed by atoms with E-state index in [1.165, 1.54) is 0 Å². The number of nitrogens with two attached hydrogens (primary N) is 1. The van der Waals surface area contributed by atoms with Gasteiger partial charge in [-0.1, -0.05) is 24.3 Å². The van der Waals surface area contributed by atoms with Crippen LogP contribution in [0.25, 0.3) is 10.9 Å². The first-order chi connectivity index (χ1) is 8.72. The average molecular weight is 258 g/mol. The summed E-state index contributed by atoms with van der Waals surface area (Å²) in [6, 6.07) is 8.13. The number of nitrogens with zero attached hydrogens (tertiary/aromatic N) is 2. The summed E-state index contributed by atoms with van der Waals surface area (Å²) in [4.78, 5) is 0. The van der Waals surface area contributed by atoms with E-state index in [2.05, 4.69) is 46.0 Å². The molecule has 0 aliphatic rings. The van der Waals surface area contributed by atoms with Gasteiger partial charge in [0, 0.05) is 29.2 Å². The fraction of sp³-hybridized carbons (Fsp3) is 0.0769. The predicted molar refractivity (Wildman–Crippen MR) is 79.7 cm³/mol. The number of para-hydroxylation sites is 1. The second kappa shape index (κ2) is 5.46. The smallest absolute Gasteiger partial charge is 0.184 e. The van der Waals surface area contributed by atoms with Crippen molar-refractivity contribution in [2.75, 3.05) is 0 Å². The lowest BCUT2D eigenvalue weighted by Gasteiger charge is -1.98. The van der Waals surface area contributed by atoms with E-state index in [1.54, 1.807) is 6.21 Å². The molecule has 2 rings (SSSR count). The van der Waals surface area contributed by atoms with Crippen molar-refractivity contribution in [3.8, 4) is 0 Å². The summed E-state index contributed by atoms with van der Waals surface area (Å²) in [5.41, 5.74) is 10.0. The van der Waals surface area contributed by atoms with Crippen LogP contribution in [0.5, 0.6) is 0 Å². The molecule has 0 amide bonds. The Hall–Kier alpha value is -2.14. The van der Waals surface area contributed by atoms with Crippen LogP contribution in [0.15, 0.2) is 48.2 Å². The minimum Gasteiger partial charge on any atom is -0.375 e. The number of thiocarbonyl (C=S) groups is 1. The van der Waals surface area contributed by atoms with E-state index in [0.717, 1.165) is 23.0 Å². The van der Waals surface area contributed by atoms with Gasteiger partial charge in [-0.05, 0) is 18.3 Å². The first-order valence-electron chi connectivity index (χ1n) is 5.49. The molecule has 0 aliphatic heterocycles. The maximum atomic E-state index is 5.31. The van der Waals surface area contributed by atoms with E-state index in [1.807, 2.05) is 24.4 Å². The Morgan fingerprint density at radius 3 is 3.00 bits per heavy atom. The van der Waals surface area contributed by atoms with E-state index in [0.29, 0.717) is 0 Å². The zero-order valence-electron chi connectivity index (χ0n) is 9.84. The summed E-state index contributed by atoms with van der Waals surface area (Å²) in [6.45, 7) is 4.52. The summed E-state index contributed by atoms with van der Waals surface area (Å²) in [5.74, 6) is 0. The number of nitrogens with one attached hydrogen (secondary N) is 1. The van der Waals surface area contributed by atoms with Crippen molar-refractivity contribution in [2.45, 2.75) is 6.54 Å². The molecule has 0 bridgehead atoms. The highest BCUT2D eigenvalue weighted by Crippen LogP contribution is 2.19. The Morgan fingerprint density at radius 1 is 1.50 bits per heavy atom. The summed E-state index contributed by atoms with van der Waals surface area (Å²) >= 11 is 4.69. The van der Waals surface area contributed by atoms with Gasteiger partial charge < -0.3 is 10.3 Å². The summed E-state index contributed by atoms with van der Waals surface area (Å²) in [7, 11) is 0. The minimum absolute atomic E-state index is 0.154. The van der Waals surface area contributed by atoms with Crippen LogP contribution in [0.3, 0.4) is 0 Å². The van der Waals surface area contributed by atoms with E-state index >= 15 is 0 Å². The highest BCUT2D eigenvalue weighted by molar-refractivity contribution is 7.80. The minimum atomic E-state index is 0.154. The Balaban J connectivity index is 2.41. The molecule has 0 saturated carbocycles. The van der Waals surface area contributed by atoms with Gasteiger partial charge in [-0.3, -0.25) is 5.43 Å². The predicted octanol–water partition coefficient (Wildman–Crippen LogP) is 1.99. The van der Waals surface area contributed by atoms with Crippen LogP contribution in [-0.4, -0.2) is 15.9 Å². The molecule has 0 saturated heterocycles. The van der Waals surface area contributed by atoms with Gasteiger partial charge in [0.1, 0.15) is 0 Å². The number of allylic oxidation sites excluding steroid dienone is 1. The number of aromatic nitrogens is 1. The van der Waals surface area contributed by atoms with Crippen molar-refractivity contribution in [2.24, 2.45) is 10.8 Å². The van der Waals surface area contributed by atoms with Crippen molar-refractivity contribution in [3.63, 3.8) is 0 Å². The van der Waals surface area contributed by atoms with Crippen LogP contribution in [0.1, 0.15) is 5.56 Å². The largest absolute Gasteiger partial charge is 0.375 e. The lowest BCUT2D eigenvalue weighted by molar-refractivity contribution is 0.865. The molecule has 1 heterocycles. The second-order valence-electron chi connectivity index (χ2n) is 3.78. The first kappa shape index (κ1) is 12.3. The van der Waals surface area contributed by atoms with Crippen LogP contribution < -0.4 is 11.2 Å². The van der Waals surface area contributed by atoms with Crippen LogP contribution in [0.4, 0.5) is 0 Å². The van der Waals surface area contributed by atoms with E-state index in [4.69, 9.17) is 5.73 Å². The normalized spacial score (nSPS) is 10.9. The molecule has 0 radical (unpaired) electrons. The first-order valence-corrected chi connectivity index (χ1v) is 5.90. The Labute approximate surface area is 111 Å². The number of rotatable bonds is 4. The molecule has 0 spiro atoms. The number of hydrazone groups is 1. The second-order valence-corrected chi connectivity index (χ2v) is 4.22. The van der Waals surface area contributed by atoms with Crippen LogP contribution in [0, 0.1) is 0 Å². The van der Waals surface area contributed by atoms with Gasteiger partial charge in [0.2, 0.25) is 0 Å². The van der Waals surface area contributed by atoms with Gasteiger partial charge in [0.25, 0.3) is 0 Å². The standard InChI is InChI=1S/C13H14N4S/c1-2-7-17-9-10(8-15-16-13(14)18)11-5-3-4-6-12(11)17/h2-6,8-9H,1,7H2,(H3,14,16,18)/b15-8-. The van der Waals surface area contributed by atoms with Gasteiger partial charge in [0.15, 0.2) is 5.11 Å². The lowest BCUT2D eigenvalue weighted by atomic mass is 10.2. The van der Waals surface area contributed by atoms with Crippen LogP contribution in [-0.2, 0) is 6.54 Å². The molecule has 1 aromatic carbocycles. The Kier molecular flexibility index (Phi) is 3.74. The molecular formula is C13H14N4S. The summed E-state index contributed by atoms with van der Waals surface area (Å²) in [6.07, 6.45) is 5.60. The maximum Gasteiger partial charge on any atom is 0.184 e. The molecule has 0 fully saturated rings. The van der Waals surface area contributed by atoms with Crippen molar-refractivity contribution < 1.29 is 0 Å². The molecule has 18 heavy (non-hydrogen) atoms. The molecule has 1 aromatic heterocycles. The zero-order chi connectivity index (χ0) is 13.0. The average Bonchev–Trinajstić information content (AvgIpc) is 2.69. The zero-order valence-corrected chi connectivity index (χ0v) is 10.7. The van der Waals surface area contributed by atoms with Gasteiger partial charge in [-0.25, -0.2) is 0 Å². The van der Waals surface area contributed by atoms with E-state index in [9.17, 15) is 0 Å². The molecule has 2 aromatic rings. The van der Waals surface area contributed by atoms with E-state index in [-0.39, 0.29) is 5.11 Å². The molecule has 92 valence electrons. The monoisotopic (exact) mass is 258 g/mol. The third-order valence-electron chi connectivity index (χ3n) is 2.52. The molecule has 5 heteroatoms. The van der Waals surface area contributed by atoms with Gasteiger partial charge in [0.05, 0.1) is 6.21 Å². The van der Waals surface area contributed by atoms with Crippen LogP contribution in [0.2, 0.25) is 0 Å². The molecule has 0 unspecified atom stereocenters. The van der Waals surface area contributed by atoms with Crippen molar-refractivity contribution in [3.05, 3.63) is 48.7 Å². The maximum absolute atomic E-state index is 5.31. The molecule has 4 nitrogen and oxygen atoms in total. The third-order valence-corrected chi connectivity index (χ3v) is 2.61. The highest BCUT2D eigenvalue weighted by Gasteiger charge is 2.04. The Morgan fingerprint density at radius 2 is 2.28 bits per heavy atom. The van der Waals surface area contributed by atoms with Gasteiger partial charge >= 0.3 is 0 Å². The molecular weight excluding hydrogens is 244 g/mol. The fourth-order valence-electron chi connectivity index (χ4n) is 1.83. The topological polar surface area (TPSA) is 55.3 Å². The SMILES string of the molecule is C=CCn1cc(/C=N\NC(N)=S)c2ccccc21. The number of hydrogen-bond acceptors (Lipinski definition) is 2. The van der Waals surface area contributed by atoms with Crippen molar-refractivity contribution >= 4 is 34.4 Å². The van der Waals surface area contributed by atoms with Crippen molar-refractivity contribution in [1.82, 2.24) is 9.99 Å². The van der Waals surface area contributed by atoms with Crippen molar-refractivity contribution in [1.29, 1.82) is 0 Å². The summed E-state index contributed by atoms with van der Waals surface area (Å²) in [5, 5.41) is 5.27. The lowest BCUT2D eigenvalue weighted by Crippen LogP contribution is -2.23. The number of hydrogen-bond donors (Lipinski definition) is 2. The number of benzene rings is 1. The van der Waals surface area contributed by atoms with Gasteiger partial charge in [-0.2, -0.15) is 5.10 Å². The quantitative estimate of drug-likeness (QED) is 0.382. The molecule has 0 aliphatic carbocycles. The van der Waals surface area contributed by atoms with E-state index < -0.39 is 0 Å².